The Labute approximate surface area is 195 Å². The molecule has 2 aliphatic heterocycles. The lowest BCUT2D eigenvalue weighted by Gasteiger charge is -2.24. The van der Waals surface area contributed by atoms with Gasteiger partial charge in [-0.1, -0.05) is 12.2 Å². The van der Waals surface area contributed by atoms with E-state index in [9.17, 15) is 4.79 Å². The van der Waals surface area contributed by atoms with Gasteiger partial charge in [0.15, 0.2) is 0 Å². The van der Waals surface area contributed by atoms with Crippen LogP contribution >= 0.6 is 0 Å². The normalized spacial score (nSPS) is 24.2. The topological polar surface area (TPSA) is 101 Å². The van der Waals surface area contributed by atoms with Crippen LogP contribution in [0.15, 0.2) is 36.8 Å². The van der Waals surface area contributed by atoms with Gasteiger partial charge in [-0.25, -0.2) is 4.98 Å². The molecule has 2 atom stereocenters. The van der Waals surface area contributed by atoms with Gasteiger partial charge >= 0.3 is 0 Å². The average molecular weight is 450 g/mol. The number of anilines is 1. The number of rotatable bonds is 6. The van der Waals surface area contributed by atoms with Gasteiger partial charge in [0.2, 0.25) is 0 Å². The van der Waals surface area contributed by atoms with Crippen molar-refractivity contribution in [3.63, 3.8) is 0 Å². The maximum absolute atomic E-state index is 13.1. The van der Waals surface area contributed by atoms with Crippen molar-refractivity contribution in [3.05, 3.63) is 42.4 Å². The van der Waals surface area contributed by atoms with Crippen molar-refractivity contribution in [1.29, 1.82) is 0 Å². The third kappa shape index (κ3) is 5.28. The predicted octanol–water partition coefficient (Wildman–Crippen LogP) is 2.61. The second-order valence-electron chi connectivity index (χ2n) is 9.72. The number of piperidine rings is 1. The smallest absolute Gasteiger partial charge is 0.255 e. The molecule has 3 aliphatic rings. The fraction of sp³-hybridized carbons (Fsp3) is 0.560. The van der Waals surface area contributed by atoms with E-state index in [1.807, 2.05) is 16.9 Å². The number of pyridine rings is 1. The third-order valence-corrected chi connectivity index (χ3v) is 7.28. The lowest BCUT2D eigenvalue weighted by Crippen LogP contribution is -2.38. The molecule has 8 nitrogen and oxygen atoms in total. The van der Waals surface area contributed by atoms with Crippen LogP contribution in [0.2, 0.25) is 0 Å². The van der Waals surface area contributed by atoms with E-state index < -0.39 is 0 Å². The third-order valence-electron chi connectivity index (χ3n) is 7.28. The van der Waals surface area contributed by atoms with Crippen LogP contribution in [0.4, 0.5) is 5.82 Å². The number of nitrogen functional groups attached to an aromatic ring is 1. The second kappa shape index (κ2) is 10.1. The van der Waals surface area contributed by atoms with Crippen LogP contribution in [-0.4, -0.2) is 64.3 Å². The van der Waals surface area contributed by atoms with Gasteiger partial charge in [0.25, 0.3) is 5.91 Å². The van der Waals surface area contributed by atoms with Gasteiger partial charge in [-0.15, -0.1) is 0 Å². The van der Waals surface area contributed by atoms with Gasteiger partial charge < -0.3 is 21.3 Å². The van der Waals surface area contributed by atoms with Crippen LogP contribution in [0.5, 0.6) is 0 Å². The first-order valence-electron chi connectivity index (χ1n) is 12.3. The zero-order chi connectivity index (χ0) is 22.6. The number of hydrogen-bond acceptors (Lipinski definition) is 6. The minimum absolute atomic E-state index is 0.139. The van der Waals surface area contributed by atoms with E-state index in [2.05, 4.69) is 44.0 Å². The van der Waals surface area contributed by atoms with Crippen LogP contribution < -0.4 is 16.4 Å². The van der Waals surface area contributed by atoms with Gasteiger partial charge in [0, 0.05) is 49.2 Å². The first kappa shape index (κ1) is 22.1. The summed E-state index contributed by atoms with van der Waals surface area (Å²) in [5, 5.41) is 11.2. The summed E-state index contributed by atoms with van der Waals surface area (Å²) in [4.78, 5) is 19.9. The molecule has 176 valence electrons. The number of carbonyl (C=O) groups excluding carboxylic acids is 1. The number of nitrogens with zero attached hydrogens (tertiary/aromatic N) is 4. The molecule has 5 rings (SSSR count). The summed E-state index contributed by atoms with van der Waals surface area (Å²) in [5.41, 5.74) is 8.37. The van der Waals surface area contributed by atoms with Crippen molar-refractivity contribution in [3.8, 4) is 11.1 Å². The summed E-state index contributed by atoms with van der Waals surface area (Å²) in [7, 11) is 0. The number of aromatic nitrogens is 3. The zero-order valence-corrected chi connectivity index (χ0v) is 19.2. The monoisotopic (exact) mass is 449 g/mol. The molecule has 1 aliphatic carbocycles. The Kier molecular flexibility index (Phi) is 6.73. The molecular formula is C25H35N7O. The maximum atomic E-state index is 13.1. The van der Waals surface area contributed by atoms with Crippen LogP contribution in [-0.2, 0) is 0 Å². The van der Waals surface area contributed by atoms with Gasteiger partial charge in [-0.3, -0.25) is 9.48 Å². The summed E-state index contributed by atoms with van der Waals surface area (Å²) in [5.74, 6) is 0.873. The summed E-state index contributed by atoms with van der Waals surface area (Å²) in [6.07, 6.45) is 17.0. The van der Waals surface area contributed by atoms with Crippen molar-refractivity contribution in [2.75, 3.05) is 38.5 Å². The molecule has 2 aromatic rings. The zero-order valence-electron chi connectivity index (χ0n) is 19.2. The highest BCUT2D eigenvalue weighted by Crippen LogP contribution is 2.26. The van der Waals surface area contributed by atoms with Gasteiger partial charge in [0.1, 0.15) is 5.82 Å². The predicted molar refractivity (Wildman–Crippen MR) is 130 cm³/mol. The van der Waals surface area contributed by atoms with E-state index in [-0.39, 0.29) is 17.8 Å². The molecule has 2 aromatic heterocycles. The van der Waals surface area contributed by atoms with Crippen LogP contribution in [0.3, 0.4) is 0 Å². The number of likely N-dealkylation sites (tertiary alicyclic amines) is 1. The first-order chi connectivity index (χ1) is 16.2. The van der Waals surface area contributed by atoms with Crippen LogP contribution in [0, 0.1) is 5.92 Å². The highest BCUT2D eigenvalue weighted by Gasteiger charge is 2.27. The average Bonchev–Trinajstić information content (AvgIpc) is 3.51. The molecule has 0 aromatic carbocycles. The molecule has 0 radical (unpaired) electrons. The van der Waals surface area contributed by atoms with E-state index in [0.717, 1.165) is 69.0 Å². The molecule has 2 saturated heterocycles. The van der Waals surface area contributed by atoms with Crippen LogP contribution in [0.1, 0.15) is 54.9 Å². The standard InChI is InChI=1S/C25H35N7O/c26-24-23(25(33)30-21-8-11-31(17-21)15-18-4-2-1-3-5-18)12-19(13-28-24)20-14-29-32(16-20)22-6-9-27-10-7-22/h1-2,12-14,16,18,21-22,27H,3-11,15,17H2,(H2,26,28)(H,30,33)/t18?,21-/m1/s1. The Balaban J connectivity index is 1.21. The SMILES string of the molecule is Nc1ncc(-c2cnn(C3CCNCC3)c2)cc1C(=O)N[C@@H]1CCN(CC2CC=CCC2)C1. The number of nitrogens with one attached hydrogen (secondary N) is 2. The Morgan fingerprint density at radius 2 is 2.03 bits per heavy atom. The number of nitrogens with two attached hydrogens (primary N) is 1. The van der Waals surface area contributed by atoms with E-state index in [1.165, 1.54) is 19.3 Å². The molecule has 4 N–H and O–H groups in total. The fourth-order valence-corrected chi connectivity index (χ4v) is 5.34. The largest absolute Gasteiger partial charge is 0.383 e. The Morgan fingerprint density at radius 3 is 2.85 bits per heavy atom. The maximum Gasteiger partial charge on any atom is 0.255 e. The number of carbonyl (C=O) groups is 1. The Bertz CT molecular complexity index is 994. The molecular weight excluding hydrogens is 414 g/mol. The van der Waals surface area contributed by atoms with Gasteiger partial charge in [-0.05, 0) is 63.6 Å². The molecule has 8 heteroatoms. The molecule has 0 bridgehead atoms. The van der Waals surface area contributed by atoms with Crippen molar-refractivity contribution < 1.29 is 4.79 Å². The highest BCUT2D eigenvalue weighted by atomic mass is 16.1. The quantitative estimate of drug-likeness (QED) is 0.586. The van der Waals surface area contributed by atoms with Gasteiger partial charge in [0.05, 0.1) is 17.8 Å². The highest BCUT2D eigenvalue weighted by molar-refractivity contribution is 5.99. The van der Waals surface area contributed by atoms with Crippen molar-refractivity contribution in [1.82, 2.24) is 30.3 Å². The number of allylic oxidation sites excluding steroid dienone is 2. The van der Waals surface area contributed by atoms with E-state index in [1.54, 1.807) is 6.20 Å². The Hall–Kier alpha value is -2.71. The number of amides is 1. The molecule has 33 heavy (non-hydrogen) atoms. The molecule has 0 saturated carbocycles. The second-order valence-corrected chi connectivity index (χ2v) is 9.72. The molecule has 1 amide bonds. The minimum atomic E-state index is -0.139. The van der Waals surface area contributed by atoms with Crippen LogP contribution in [0.25, 0.3) is 11.1 Å². The summed E-state index contributed by atoms with van der Waals surface area (Å²) in [6, 6.07) is 2.42. The summed E-state index contributed by atoms with van der Waals surface area (Å²) in [6.45, 7) is 5.10. The van der Waals surface area contributed by atoms with Crippen molar-refractivity contribution in [2.45, 2.75) is 50.6 Å². The molecule has 4 heterocycles. The summed E-state index contributed by atoms with van der Waals surface area (Å²) < 4.78 is 2.04. The lowest BCUT2D eigenvalue weighted by molar-refractivity contribution is 0.0938. The van der Waals surface area contributed by atoms with Crippen molar-refractivity contribution >= 4 is 11.7 Å². The number of hydrogen-bond donors (Lipinski definition) is 3. The lowest BCUT2D eigenvalue weighted by atomic mass is 9.94. The fourth-order valence-electron chi connectivity index (χ4n) is 5.34. The first-order valence-corrected chi connectivity index (χ1v) is 12.3. The molecule has 0 spiro atoms. The minimum Gasteiger partial charge on any atom is -0.383 e. The summed E-state index contributed by atoms with van der Waals surface area (Å²) >= 11 is 0. The van der Waals surface area contributed by atoms with Crippen molar-refractivity contribution in [2.24, 2.45) is 5.92 Å². The van der Waals surface area contributed by atoms with E-state index in [0.29, 0.717) is 11.6 Å². The van der Waals surface area contributed by atoms with E-state index in [4.69, 9.17) is 5.73 Å². The molecule has 1 unspecified atom stereocenters. The van der Waals surface area contributed by atoms with Gasteiger partial charge in [-0.2, -0.15) is 5.10 Å². The molecule has 2 fully saturated rings. The van der Waals surface area contributed by atoms with E-state index >= 15 is 0 Å². The Morgan fingerprint density at radius 1 is 1.15 bits per heavy atom.